The summed E-state index contributed by atoms with van der Waals surface area (Å²) in [4.78, 5) is 0. The smallest absolute Gasteiger partial charge is 0.0547 e. The minimum Gasteiger partial charge on any atom is -0.309 e. The predicted molar refractivity (Wildman–Crippen MR) is 166 cm³/mol. The van der Waals surface area contributed by atoms with Gasteiger partial charge in [-0.1, -0.05) is 127 Å². The summed E-state index contributed by atoms with van der Waals surface area (Å²) in [6, 6.07) is 54.8. The highest BCUT2D eigenvalue weighted by Gasteiger charge is 2.20. The average molecular weight is 496 g/mol. The molecule has 0 saturated heterocycles. The minimum atomic E-state index is 1.17. The molecular formula is C38H25N. The number of hydrogen-bond donors (Lipinski definition) is 0. The summed E-state index contributed by atoms with van der Waals surface area (Å²) in [6.45, 7) is 0. The molecule has 0 atom stereocenters. The van der Waals surface area contributed by atoms with Crippen molar-refractivity contribution in [3.05, 3.63) is 152 Å². The van der Waals surface area contributed by atoms with E-state index in [1.165, 1.54) is 71.6 Å². The SMILES string of the molecule is c1ccc(-c2ccc(-n3c4ccc(-c5ccccc5)c5ccc6c(-c7ccccc7)ccc3c6c54)cc2)cc1. The maximum absolute atomic E-state index is 2.43. The molecule has 1 heteroatoms. The fourth-order valence-electron chi connectivity index (χ4n) is 6.21. The zero-order valence-corrected chi connectivity index (χ0v) is 21.4. The normalized spacial score (nSPS) is 11.6. The summed E-state index contributed by atoms with van der Waals surface area (Å²) in [5, 5.41) is 5.24. The van der Waals surface area contributed by atoms with E-state index >= 15 is 0 Å². The third kappa shape index (κ3) is 3.41. The minimum absolute atomic E-state index is 1.17. The van der Waals surface area contributed by atoms with Crippen molar-refractivity contribution >= 4 is 32.6 Å². The molecule has 0 spiro atoms. The van der Waals surface area contributed by atoms with Crippen molar-refractivity contribution in [2.24, 2.45) is 0 Å². The molecule has 0 aliphatic heterocycles. The second kappa shape index (κ2) is 8.72. The van der Waals surface area contributed by atoms with Crippen molar-refractivity contribution in [1.29, 1.82) is 0 Å². The van der Waals surface area contributed by atoms with Gasteiger partial charge in [0.05, 0.1) is 11.0 Å². The highest BCUT2D eigenvalue weighted by atomic mass is 15.0. The second-order valence-electron chi connectivity index (χ2n) is 10.2. The Labute approximate surface area is 227 Å². The molecular weight excluding hydrogens is 470 g/mol. The molecule has 0 amide bonds. The number of benzene rings is 7. The van der Waals surface area contributed by atoms with Crippen LogP contribution in [0.15, 0.2) is 152 Å². The first kappa shape index (κ1) is 21.9. The molecule has 1 nitrogen and oxygen atoms in total. The van der Waals surface area contributed by atoms with Crippen LogP contribution in [0.5, 0.6) is 0 Å². The Morgan fingerprint density at radius 1 is 0.308 bits per heavy atom. The van der Waals surface area contributed by atoms with Crippen LogP contribution < -0.4 is 0 Å². The van der Waals surface area contributed by atoms with Gasteiger partial charge < -0.3 is 4.57 Å². The van der Waals surface area contributed by atoms with Gasteiger partial charge in [0.2, 0.25) is 0 Å². The number of rotatable bonds is 4. The van der Waals surface area contributed by atoms with E-state index in [1.54, 1.807) is 0 Å². The van der Waals surface area contributed by atoms with Crippen LogP contribution in [0.4, 0.5) is 0 Å². The Morgan fingerprint density at radius 2 is 0.718 bits per heavy atom. The lowest BCUT2D eigenvalue weighted by atomic mass is 9.91. The first-order chi connectivity index (χ1) is 19.4. The Bertz CT molecular complexity index is 1960. The summed E-state index contributed by atoms with van der Waals surface area (Å²) < 4.78 is 2.43. The molecule has 8 rings (SSSR count). The van der Waals surface area contributed by atoms with Gasteiger partial charge in [0.25, 0.3) is 0 Å². The fraction of sp³-hybridized carbons (Fsp3) is 0. The van der Waals surface area contributed by atoms with Gasteiger partial charge >= 0.3 is 0 Å². The van der Waals surface area contributed by atoms with Gasteiger partial charge in [-0.15, -0.1) is 0 Å². The third-order valence-corrected chi connectivity index (χ3v) is 8.00. The van der Waals surface area contributed by atoms with Gasteiger partial charge in [-0.3, -0.25) is 0 Å². The third-order valence-electron chi connectivity index (χ3n) is 8.00. The topological polar surface area (TPSA) is 4.93 Å². The van der Waals surface area contributed by atoms with E-state index in [2.05, 4.69) is 156 Å². The van der Waals surface area contributed by atoms with Crippen molar-refractivity contribution in [3.63, 3.8) is 0 Å². The number of hydrogen-bond acceptors (Lipinski definition) is 0. The standard InChI is InChI=1S/C38H25N/c1-4-10-26(11-5-1)27-16-18-30(19-17-27)39-35-24-22-31(28-12-6-2-7-13-28)33-20-21-34-32(29-14-8-3-9-15-29)23-25-36(39)38(34)37(33)35/h1-25H. The van der Waals surface area contributed by atoms with Crippen LogP contribution in [0.1, 0.15) is 0 Å². The summed E-state index contributed by atoms with van der Waals surface area (Å²) in [6.07, 6.45) is 0. The molecule has 1 aromatic heterocycles. The quantitative estimate of drug-likeness (QED) is 0.214. The summed E-state index contributed by atoms with van der Waals surface area (Å²) in [5.74, 6) is 0. The average Bonchev–Trinajstić information content (AvgIpc) is 3.36. The maximum atomic E-state index is 2.43. The Kier molecular flexibility index (Phi) is 4.89. The van der Waals surface area contributed by atoms with Crippen molar-refractivity contribution in [1.82, 2.24) is 4.57 Å². The lowest BCUT2D eigenvalue weighted by molar-refractivity contribution is 1.18. The van der Waals surface area contributed by atoms with E-state index in [0.717, 1.165) is 0 Å². The van der Waals surface area contributed by atoms with Gasteiger partial charge in [0, 0.05) is 16.5 Å². The van der Waals surface area contributed by atoms with Gasteiger partial charge in [0.15, 0.2) is 0 Å². The lowest BCUT2D eigenvalue weighted by Crippen LogP contribution is -1.94. The van der Waals surface area contributed by atoms with Crippen LogP contribution in [0, 0.1) is 0 Å². The van der Waals surface area contributed by atoms with Crippen LogP contribution in [-0.4, -0.2) is 4.57 Å². The van der Waals surface area contributed by atoms with Gasteiger partial charge in [-0.25, -0.2) is 0 Å². The largest absolute Gasteiger partial charge is 0.309 e. The maximum Gasteiger partial charge on any atom is 0.0547 e. The summed E-state index contributed by atoms with van der Waals surface area (Å²) in [5.41, 5.74) is 11.1. The molecule has 39 heavy (non-hydrogen) atoms. The molecule has 0 radical (unpaired) electrons. The number of aromatic nitrogens is 1. The van der Waals surface area contributed by atoms with Gasteiger partial charge in [-0.05, 0) is 68.4 Å². The van der Waals surface area contributed by atoms with Crippen LogP contribution in [0.3, 0.4) is 0 Å². The molecule has 0 aliphatic rings. The molecule has 7 aromatic carbocycles. The van der Waals surface area contributed by atoms with Crippen LogP contribution in [-0.2, 0) is 0 Å². The molecule has 0 unspecified atom stereocenters. The highest BCUT2D eigenvalue weighted by molar-refractivity contribution is 6.28. The van der Waals surface area contributed by atoms with Gasteiger partial charge in [0.1, 0.15) is 0 Å². The molecule has 0 N–H and O–H groups in total. The molecule has 1 heterocycles. The van der Waals surface area contributed by atoms with Crippen molar-refractivity contribution < 1.29 is 0 Å². The van der Waals surface area contributed by atoms with E-state index in [0.29, 0.717) is 0 Å². The zero-order chi connectivity index (χ0) is 25.8. The predicted octanol–water partition coefficient (Wildman–Crippen LogP) is 10.4. The van der Waals surface area contributed by atoms with Crippen molar-refractivity contribution in [2.75, 3.05) is 0 Å². The van der Waals surface area contributed by atoms with Crippen molar-refractivity contribution in [3.8, 4) is 39.1 Å². The Morgan fingerprint density at radius 3 is 1.18 bits per heavy atom. The first-order valence-electron chi connectivity index (χ1n) is 13.5. The van der Waals surface area contributed by atoms with Crippen LogP contribution in [0.25, 0.3) is 71.6 Å². The molecule has 0 bridgehead atoms. The van der Waals surface area contributed by atoms with E-state index in [1.807, 2.05) is 0 Å². The molecule has 0 aliphatic carbocycles. The summed E-state index contributed by atoms with van der Waals surface area (Å²) >= 11 is 0. The van der Waals surface area contributed by atoms with Gasteiger partial charge in [-0.2, -0.15) is 0 Å². The molecule has 8 aromatic rings. The number of nitrogens with zero attached hydrogens (tertiary/aromatic N) is 1. The zero-order valence-electron chi connectivity index (χ0n) is 21.4. The molecule has 182 valence electrons. The monoisotopic (exact) mass is 495 g/mol. The first-order valence-corrected chi connectivity index (χ1v) is 13.5. The highest BCUT2D eigenvalue weighted by Crippen LogP contribution is 2.45. The van der Waals surface area contributed by atoms with E-state index in [4.69, 9.17) is 0 Å². The fourth-order valence-corrected chi connectivity index (χ4v) is 6.21. The van der Waals surface area contributed by atoms with Crippen LogP contribution in [0.2, 0.25) is 0 Å². The van der Waals surface area contributed by atoms with Crippen molar-refractivity contribution in [2.45, 2.75) is 0 Å². The lowest BCUT2D eigenvalue weighted by Gasteiger charge is -2.11. The molecule has 0 saturated carbocycles. The summed E-state index contributed by atoms with van der Waals surface area (Å²) in [7, 11) is 0. The van der Waals surface area contributed by atoms with Crippen LogP contribution >= 0.6 is 0 Å². The second-order valence-corrected chi connectivity index (χ2v) is 10.2. The van der Waals surface area contributed by atoms with E-state index in [-0.39, 0.29) is 0 Å². The van der Waals surface area contributed by atoms with E-state index in [9.17, 15) is 0 Å². The Hall–Kier alpha value is -5.14. The Balaban J connectivity index is 1.43. The van der Waals surface area contributed by atoms with E-state index < -0.39 is 0 Å². The molecule has 0 fully saturated rings.